The number of rotatable bonds is 3. The lowest BCUT2D eigenvalue weighted by atomic mass is 10.1. The van der Waals surface area contributed by atoms with Crippen molar-refractivity contribution in [2.75, 3.05) is 11.9 Å². The number of nitrogens with zero attached hydrogens (tertiary/aromatic N) is 1. The van der Waals surface area contributed by atoms with E-state index < -0.39 is 6.23 Å². The number of hydrogen-bond acceptors (Lipinski definition) is 2. The predicted octanol–water partition coefficient (Wildman–Crippen LogP) is 2.76. The number of benzene rings is 1. The summed E-state index contributed by atoms with van der Waals surface area (Å²) in [5, 5.41) is 9.39. The first-order valence-electron chi connectivity index (χ1n) is 5.19. The van der Waals surface area contributed by atoms with E-state index in [0.717, 1.165) is 11.6 Å². The van der Waals surface area contributed by atoms with Crippen molar-refractivity contribution in [1.82, 2.24) is 0 Å². The molecule has 0 radical (unpaired) electrons. The van der Waals surface area contributed by atoms with Crippen molar-refractivity contribution in [3.05, 3.63) is 29.8 Å². The van der Waals surface area contributed by atoms with Gasteiger partial charge in [0, 0.05) is 12.7 Å². The summed E-state index contributed by atoms with van der Waals surface area (Å²) < 4.78 is 0. The van der Waals surface area contributed by atoms with E-state index in [1.807, 2.05) is 11.9 Å². The first-order valence-corrected chi connectivity index (χ1v) is 5.19. The monoisotopic (exact) mass is 227 g/mol. The maximum Gasteiger partial charge on any atom is 0.123 e. The van der Waals surface area contributed by atoms with Crippen LogP contribution in [-0.4, -0.2) is 18.4 Å². The molecular formula is C12H18ClNO. The average Bonchev–Trinajstić information content (AvgIpc) is 3.00. The Morgan fingerprint density at radius 3 is 2.20 bits per heavy atom. The number of halogens is 1. The summed E-state index contributed by atoms with van der Waals surface area (Å²) in [5.41, 5.74) is 2.51. The Hall–Kier alpha value is -0.730. The zero-order chi connectivity index (χ0) is 10.1. The molecule has 1 aromatic carbocycles. The molecule has 2 nitrogen and oxygen atoms in total. The summed E-state index contributed by atoms with van der Waals surface area (Å²) in [4.78, 5) is 1.86. The van der Waals surface area contributed by atoms with Crippen LogP contribution in [0, 0.1) is 0 Å². The first-order chi connectivity index (χ1) is 6.68. The molecular weight excluding hydrogens is 210 g/mol. The van der Waals surface area contributed by atoms with Crippen LogP contribution in [0.25, 0.3) is 0 Å². The van der Waals surface area contributed by atoms with Gasteiger partial charge in [-0.2, -0.15) is 0 Å². The molecule has 0 amide bonds. The summed E-state index contributed by atoms with van der Waals surface area (Å²) in [7, 11) is 1.90. The van der Waals surface area contributed by atoms with Crippen molar-refractivity contribution < 1.29 is 5.11 Å². The van der Waals surface area contributed by atoms with Crippen LogP contribution in [0.15, 0.2) is 24.3 Å². The van der Waals surface area contributed by atoms with Crippen molar-refractivity contribution in [3.63, 3.8) is 0 Å². The third kappa shape index (κ3) is 2.86. The molecule has 1 N–H and O–H groups in total. The topological polar surface area (TPSA) is 23.5 Å². The molecule has 1 aromatic rings. The molecule has 1 atom stereocenters. The summed E-state index contributed by atoms with van der Waals surface area (Å²) in [6.45, 7) is 1.77. The Morgan fingerprint density at radius 1 is 1.27 bits per heavy atom. The summed E-state index contributed by atoms with van der Waals surface area (Å²) in [5.74, 6) is 0.806. The van der Waals surface area contributed by atoms with Crippen LogP contribution in [0.1, 0.15) is 31.2 Å². The second-order valence-corrected chi connectivity index (χ2v) is 4.11. The Kier molecular flexibility index (Phi) is 4.00. The number of aliphatic hydroxyl groups is 1. The normalized spacial score (nSPS) is 16.7. The van der Waals surface area contributed by atoms with E-state index in [0.29, 0.717) is 0 Å². The van der Waals surface area contributed by atoms with Gasteiger partial charge in [-0.15, -0.1) is 12.4 Å². The molecule has 1 aliphatic carbocycles. The van der Waals surface area contributed by atoms with E-state index in [9.17, 15) is 5.11 Å². The fourth-order valence-electron chi connectivity index (χ4n) is 1.61. The lowest BCUT2D eigenvalue weighted by molar-refractivity contribution is 0.195. The Balaban J connectivity index is 0.00000112. The van der Waals surface area contributed by atoms with Gasteiger partial charge in [-0.25, -0.2) is 0 Å². The van der Waals surface area contributed by atoms with E-state index >= 15 is 0 Å². The van der Waals surface area contributed by atoms with Gasteiger partial charge in [-0.1, -0.05) is 12.1 Å². The largest absolute Gasteiger partial charge is 0.374 e. The van der Waals surface area contributed by atoms with Crippen molar-refractivity contribution in [1.29, 1.82) is 0 Å². The molecule has 1 fully saturated rings. The number of aliphatic hydroxyl groups excluding tert-OH is 1. The predicted molar refractivity (Wildman–Crippen MR) is 65.7 cm³/mol. The van der Waals surface area contributed by atoms with Crippen LogP contribution >= 0.6 is 12.4 Å². The Bertz CT molecular complexity index is 306. The third-order valence-electron chi connectivity index (χ3n) is 2.91. The SMILES string of the molecule is C[C@@H](O)N(C)c1ccc(C2CC2)cc1.Cl. The van der Waals surface area contributed by atoms with Gasteiger partial charge >= 0.3 is 0 Å². The number of anilines is 1. The van der Waals surface area contributed by atoms with E-state index in [1.165, 1.54) is 18.4 Å². The highest BCUT2D eigenvalue weighted by Crippen LogP contribution is 2.40. The minimum atomic E-state index is -0.429. The van der Waals surface area contributed by atoms with Gasteiger partial charge in [0.1, 0.15) is 6.23 Å². The van der Waals surface area contributed by atoms with Gasteiger partial charge in [0.2, 0.25) is 0 Å². The molecule has 84 valence electrons. The molecule has 0 bridgehead atoms. The quantitative estimate of drug-likeness (QED) is 0.803. The van der Waals surface area contributed by atoms with Crippen molar-refractivity contribution >= 4 is 18.1 Å². The molecule has 3 heteroatoms. The molecule has 0 aromatic heterocycles. The van der Waals surface area contributed by atoms with Gasteiger partial charge in [0.05, 0.1) is 0 Å². The van der Waals surface area contributed by atoms with Crippen LogP contribution in [-0.2, 0) is 0 Å². The molecule has 1 saturated carbocycles. The van der Waals surface area contributed by atoms with Gasteiger partial charge < -0.3 is 10.0 Å². The molecule has 0 spiro atoms. The van der Waals surface area contributed by atoms with E-state index in [-0.39, 0.29) is 12.4 Å². The highest BCUT2D eigenvalue weighted by atomic mass is 35.5. The highest BCUT2D eigenvalue weighted by Gasteiger charge is 2.23. The van der Waals surface area contributed by atoms with Crippen LogP contribution in [0.4, 0.5) is 5.69 Å². The Morgan fingerprint density at radius 2 is 1.80 bits per heavy atom. The van der Waals surface area contributed by atoms with Gasteiger partial charge in [0.25, 0.3) is 0 Å². The van der Waals surface area contributed by atoms with E-state index in [4.69, 9.17) is 0 Å². The van der Waals surface area contributed by atoms with Crippen LogP contribution in [0.2, 0.25) is 0 Å². The molecule has 1 aliphatic rings. The minimum absolute atomic E-state index is 0. The van der Waals surface area contributed by atoms with Gasteiger partial charge in [0.15, 0.2) is 0 Å². The average molecular weight is 228 g/mol. The third-order valence-corrected chi connectivity index (χ3v) is 2.91. The lowest BCUT2D eigenvalue weighted by Crippen LogP contribution is -2.27. The summed E-state index contributed by atoms with van der Waals surface area (Å²) in [6, 6.07) is 8.51. The maximum absolute atomic E-state index is 9.39. The second-order valence-electron chi connectivity index (χ2n) is 4.11. The molecule has 15 heavy (non-hydrogen) atoms. The standard InChI is InChI=1S/C12H17NO.ClH/c1-9(14)13(2)12-7-5-11(6-8-12)10-3-4-10;/h5-10,14H,3-4H2,1-2H3;1H/t9-;/m1./s1. The zero-order valence-corrected chi connectivity index (χ0v) is 10.00. The minimum Gasteiger partial charge on any atom is -0.374 e. The van der Waals surface area contributed by atoms with Crippen LogP contribution < -0.4 is 4.90 Å². The van der Waals surface area contributed by atoms with Gasteiger partial charge in [-0.3, -0.25) is 0 Å². The fourth-order valence-corrected chi connectivity index (χ4v) is 1.61. The zero-order valence-electron chi connectivity index (χ0n) is 9.18. The molecule has 0 heterocycles. The highest BCUT2D eigenvalue weighted by molar-refractivity contribution is 5.85. The second kappa shape index (κ2) is 4.86. The smallest absolute Gasteiger partial charge is 0.123 e. The molecule has 2 rings (SSSR count). The summed E-state index contributed by atoms with van der Waals surface area (Å²) in [6.07, 6.45) is 2.25. The molecule has 0 unspecified atom stereocenters. The van der Waals surface area contributed by atoms with Crippen LogP contribution in [0.3, 0.4) is 0 Å². The molecule has 0 aliphatic heterocycles. The van der Waals surface area contributed by atoms with E-state index in [2.05, 4.69) is 24.3 Å². The first kappa shape index (κ1) is 12.3. The molecule has 0 saturated heterocycles. The lowest BCUT2D eigenvalue weighted by Gasteiger charge is -2.22. The van der Waals surface area contributed by atoms with Crippen molar-refractivity contribution in [2.45, 2.75) is 31.9 Å². The van der Waals surface area contributed by atoms with Crippen molar-refractivity contribution in [3.8, 4) is 0 Å². The van der Waals surface area contributed by atoms with Crippen LogP contribution in [0.5, 0.6) is 0 Å². The summed E-state index contributed by atoms with van der Waals surface area (Å²) >= 11 is 0. The van der Waals surface area contributed by atoms with E-state index in [1.54, 1.807) is 6.92 Å². The van der Waals surface area contributed by atoms with Crippen molar-refractivity contribution in [2.24, 2.45) is 0 Å². The fraction of sp³-hybridized carbons (Fsp3) is 0.500. The maximum atomic E-state index is 9.39. The van der Waals surface area contributed by atoms with Gasteiger partial charge in [-0.05, 0) is 43.4 Å². The Labute approximate surface area is 97.3 Å². The number of hydrogen-bond donors (Lipinski definition) is 1.